The average molecular weight is 178 g/mol. The summed E-state index contributed by atoms with van der Waals surface area (Å²) in [6.07, 6.45) is 3.53. The number of rotatable bonds is 0. The fourth-order valence-corrected chi connectivity index (χ4v) is 0.696. The van der Waals surface area contributed by atoms with E-state index in [1.807, 2.05) is 25.5 Å². The molecule has 0 fully saturated rings. The van der Waals surface area contributed by atoms with Crippen molar-refractivity contribution >= 4 is 0 Å². The second-order valence-electron chi connectivity index (χ2n) is 2.81. The van der Waals surface area contributed by atoms with Crippen LogP contribution >= 0.6 is 0 Å². The van der Waals surface area contributed by atoms with Gasteiger partial charge in [0.1, 0.15) is 5.69 Å². The number of imidazole rings is 1. The Labute approximate surface area is 81.0 Å². The molecule has 0 bridgehead atoms. The second kappa shape index (κ2) is 6.30. The van der Waals surface area contributed by atoms with Crippen LogP contribution in [0, 0.1) is 17.8 Å². The van der Waals surface area contributed by atoms with Gasteiger partial charge in [-0.15, -0.1) is 0 Å². The van der Waals surface area contributed by atoms with Gasteiger partial charge in [0, 0.05) is 13.0 Å². The molecule has 0 unspecified atom stereocenters. The van der Waals surface area contributed by atoms with Crippen LogP contribution in [-0.2, 0) is 7.05 Å². The van der Waals surface area contributed by atoms with Gasteiger partial charge in [-0.2, -0.15) is 0 Å². The van der Waals surface area contributed by atoms with Crippen molar-refractivity contribution in [2.75, 3.05) is 0 Å². The van der Waals surface area contributed by atoms with E-state index < -0.39 is 0 Å². The molecule has 13 heavy (non-hydrogen) atoms. The van der Waals surface area contributed by atoms with Gasteiger partial charge in [-0.1, -0.05) is 33.6 Å². The molecule has 0 atom stereocenters. The van der Waals surface area contributed by atoms with E-state index >= 15 is 0 Å². The summed E-state index contributed by atoms with van der Waals surface area (Å²) >= 11 is 0. The van der Waals surface area contributed by atoms with Gasteiger partial charge in [0.2, 0.25) is 0 Å². The molecule has 0 saturated carbocycles. The van der Waals surface area contributed by atoms with E-state index in [2.05, 4.69) is 30.7 Å². The largest absolute Gasteiger partial charge is 0.327 e. The molecule has 1 aromatic heterocycles. The molecule has 72 valence electrons. The van der Waals surface area contributed by atoms with Crippen molar-refractivity contribution in [3.05, 3.63) is 18.2 Å². The molecule has 1 heterocycles. The van der Waals surface area contributed by atoms with Crippen molar-refractivity contribution in [3.63, 3.8) is 0 Å². The molecule has 0 N–H and O–H groups in total. The minimum atomic E-state index is 0.421. The minimum absolute atomic E-state index is 0.421. The molecule has 2 nitrogen and oxygen atoms in total. The van der Waals surface area contributed by atoms with Gasteiger partial charge in [-0.3, -0.25) is 0 Å². The van der Waals surface area contributed by atoms with Gasteiger partial charge in [0.05, 0.1) is 12.5 Å². The second-order valence-corrected chi connectivity index (χ2v) is 2.81. The maximum Gasteiger partial charge on any atom is 0.111 e. The highest BCUT2D eigenvalue weighted by molar-refractivity contribution is 5.26. The zero-order chi connectivity index (χ0) is 10.3. The van der Waals surface area contributed by atoms with E-state index in [0.29, 0.717) is 5.92 Å². The van der Waals surface area contributed by atoms with Crippen LogP contribution in [0.15, 0.2) is 12.5 Å². The zero-order valence-corrected chi connectivity index (χ0v) is 9.13. The summed E-state index contributed by atoms with van der Waals surface area (Å²) in [5.74, 6) is 6.54. The lowest BCUT2D eigenvalue weighted by molar-refractivity contribution is 0.862. The fraction of sp³-hybridized carbons (Fsp3) is 0.545. The topological polar surface area (TPSA) is 17.8 Å². The molecule has 1 rings (SSSR count). The summed E-state index contributed by atoms with van der Waals surface area (Å²) in [6, 6.07) is 0. The van der Waals surface area contributed by atoms with Gasteiger partial charge in [0.15, 0.2) is 0 Å². The van der Waals surface area contributed by atoms with Crippen molar-refractivity contribution in [2.24, 2.45) is 13.0 Å². The predicted octanol–water partition coefficient (Wildman–Crippen LogP) is 2.45. The van der Waals surface area contributed by atoms with E-state index in [1.165, 1.54) is 0 Å². The maximum atomic E-state index is 3.96. The number of hydrogen-bond donors (Lipinski definition) is 0. The molecular formula is C11H18N2. The lowest BCUT2D eigenvalue weighted by Crippen LogP contribution is -1.89. The number of nitrogens with zero attached hydrogens (tertiary/aromatic N) is 2. The Hall–Kier alpha value is -1.23. The van der Waals surface area contributed by atoms with Crippen LogP contribution in [0.3, 0.4) is 0 Å². The van der Waals surface area contributed by atoms with Crippen molar-refractivity contribution in [2.45, 2.75) is 27.7 Å². The Bertz CT molecular complexity index is 287. The predicted molar refractivity (Wildman–Crippen MR) is 56.3 cm³/mol. The normalized spacial score (nSPS) is 8.46. The molecule has 0 spiro atoms. The highest BCUT2D eigenvalue weighted by Crippen LogP contribution is 1.94. The first kappa shape index (κ1) is 11.8. The van der Waals surface area contributed by atoms with Crippen LogP contribution in [0.1, 0.15) is 33.4 Å². The van der Waals surface area contributed by atoms with Crippen molar-refractivity contribution in [1.82, 2.24) is 9.55 Å². The van der Waals surface area contributed by atoms with Gasteiger partial charge >= 0.3 is 0 Å². The van der Waals surface area contributed by atoms with Crippen LogP contribution in [0.5, 0.6) is 0 Å². The first-order chi connectivity index (χ1) is 6.20. The first-order valence-electron chi connectivity index (χ1n) is 4.68. The van der Waals surface area contributed by atoms with Crippen molar-refractivity contribution < 1.29 is 0 Å². The number of aryl methyl sites for hydroxylation is 1. The lowest BCUT2D eigenvalue weighted by atomic mass is 10.2. The Morgan fingerprint density at radius 2 is 2.00 bits per heavy atom. The Morgan fingerprint density at radius 3 is 2.38 bits per heavy atom. The molecule has 1 aromatic rings. The van der Waals surface area contributed by atoms with E-state index in [4.69, 9.17) is 0 Å². The smallest absolute Gasteiger partial charge is 0.111 e. The third kappa shape index (κ3) is 4.37. The van der Waals surface area contributed by atoms with Crippen LogP contribution < -0.4 is 0 Å². The monoisotopic (exact) mass is 178 g/mol. The molecule has 0 saturated heterocycles. The Kier molecular flexibility index (Phi) is 5.71. The van der Waals surface area contributed by atoms with Crippen molar-refractivity contribution in [3.8, 4) is 11.8 Å². The lowest BCUT2D eigenvalue weighted by Gasteiger charge is -1.90. The zero-order valence-electron chi connectivity index (χ0n) is 9.13. The Morgan fingerprint density at radius 1 is 1.38 bits per heavy atom. The SMILES string of the molecule is CC.CC(C)C#Cc1cncn1C. The maximum absolute atomic E-state index is 3.96. The third-order valence-corrected chi connectivity index (χ3v) is 1.31. The van der Waals surface area contributed by atoms with Crippen LogP contribution in [-0.4, -0.2) is 9.55 Å². The quantitative estimate of drug-likeness (QED) is 0.558. The summed E-state index contributed by atoms with van der Waals surface area (Å²) in [7, 11) is 1.94. The fourth-order valence-electron chi connectivity index (χ4n) is 0.696. The first-order valence-corrected chi connectivity index (χ1v) is 4.68. The number of aromatic nitrogens is 2. The summed E-state index contributed by atoms with van der Waals surface area (Å²) < 4.78 is 1.91. The molecule has 2 heteroatoms. The molecule has 0 aliphatic carbocycles. The summed E-state index contributed by atoms with van der Waals surface area (Å²) in [5, 5.41) is 0. The van der Waals surface area contributed by atoms with E-state index in [0.717, 1.165) is 5.69 Å². The molecule has 0 radical (unpaired) electrons. The van der Waals surface area contributed by atoms with Crippen molar-refractivity contribution in [1.29, 1.82) is 0 Å². The molecule has 0 aromatic carbocycles. The molecule has 0 aliphatic rings. The van der Waals surface area contributed by atoms with Crippen LogP contribution in [0.25, 0.3) is 0 Å². The van der Waals surface area contributed by atoms with Gasteiger partial charge < -0.3 is 4.57 Å². The highest BCUT2D eigenvalue weighted by Gasteiger charge is 1.90. The summed E-state index contributed by atoms with van der Waals surface area (Å²) in [4.78, 5) is 3.96. The van der Waals surface area contributed by atoms with Crippen LogP contribution in [0.4, 0.5) is 0 Å². The van der Waals surface area contributed by atoms with E-state index in [-0.39, 0.29) is 0 Å². The highest BCUT2D eigenvalue weighted by atomic mass is 15.0. The number of hydrogen-bond acceptors (Lipinski definition) is 1. The third-order valence-electron chi connectivity index (χ3n) is 1.31. The summed E-state index contributed by atoms with van der Waals surface area (Å²) in [6.45, 7) is 8.15. The molecular weight excluding hydrogens is 160 g/mol. The van der Waals surface area contributed by atoms with Gasteiger partial charge in [-0.25, -0.2) is 4.98 Å². The average Bonchev–Trinajstić information content (AvgIpc) is 2.51. The molecule has 0 amide bonds. The minimum Gasteiger partial charge on any atom is -0.327 e. The summed E-state index contributed by atoms with van der Waals surface area (Å²) in [5.41, 5.74) is 0.971. The van der Waals surface area contributed by atoms with E-state index in [9.17, 15) is 0 Å². The molecule has 0 aliphatic heterocycles. The van der Waals surface area contributed by atoms with E-state index in [1.54, 1.807) is 12.5 Å². The van der Waals surface area contributed by atoms with Gasteiger partial charge in [0.25, 0.3) is 0 Å². The Balaban J connectivity index is 0.000000671. The standard InChI is InChI=1S/C9H12N2.C2H6/c1-8(2)4-5-9-6-10-7-11(9)3;1-2/h6-8H,1-3H3;1-2H3. The van der Waals surface area contributed by atoms with Crippen LogP contribution in [0.2, 0.25) is 0 Å². The van der Waals surface area contributed by atoms with Gasteiger partial charge in [-0.05, 0) is 5.92 Å².